The molecule has 6 aromatic carbocycles. The van der Waals surface area contributed by atoms with Gasteiger partial charge in [0.25, 0.3) is 0 Å². The molecule has 200 valence electrons. The number of fused-ring (bicyclic) bond motifs is 5. The Balaban J connectivity index is 1.35. The largest absolute Gasteiger partial charge is 0.459 e. The number of rotatable bonds is 5. The van der Waals surface area contributed by atoms with E-state index in [1.807, 2.05) is 12.1 Å². The molecule has 0 saturated carbocycles. The standard InChI is InChI=1S/C38H28N2OSi/c1-4-14-31(15-5-1)42(32-16-6-2-7-17-32,33-18-8-3-9-19-33)34-20-12-13-28(25-34)29-23-24-30-27-41-38-39-35-21-10-11-22-36(35)40(38)37(30)26-29/h1-26H,27H2. The molecule has 0 N–H and O–H groups in total. The number of hydrogen-bond donors (Lipinski definition) is 0. The van der Waals surface area contributed by atoms with Gasteiger partial charge in [-0.25, -0.2) is 0 Å². The van der Waals surface area contributed by atoms with Crippen molar-refractivity contribution in [2.24, 2.45) is 0 Å². The number of hydrogen-bond acceptors (Lipinski definition) is 2. The third kappa shape index (κ3) is 3.84. The highest BCUT2D eigenvalue weighted by atomic mass is 28.3. The fourth-order valence-electron chi connectivity index (χ4n) is 6.55. The van der Waals surface area contributed by atoms with Gasteiger partial charge in [0, 0.05) is 5.56 Å². The van der Waals surface area contributed by atoms with E-state index in [2.05, 4.69) is 150 Å². The number of imidazole rings is 1. The Morgan fingerprint density at radius 1 is 0.524 bits per heavy atom. The van der Waals surface area contributed by atoms with Gasteiger partial charge >= 0.3 is 6.01 Å². The maximum Gasteiger partial charge on any atom is 0.302 e. The molecule has 42 heavy (non-hydrogen) atoms. The summed E-state index contributed by atoms with van der Waals surface area (Å²) in [6.07, 6.45) is 0. The van der Waals surface area contributed by atoms with Crippen LogP contribution in [0.4, 0.5) is 0 Å². The molecule has 3 nitrogen and oxygen atoms in total. The Morgan fingerprint density at radius 2 is 1.10 bits per heavy atom. The smallest absolute Gasteiger partial charge is 0.302 e. The lowest BCUT2D eigenvalue weighted by molar-refractivity contribution is 0.266. The van der Waals surface area contributed by atoms with Crippen LogP contribution in [0, 0.1) is 0 Å². The van der Waals surface area contributed by atoms with Crippen molar-refractivity contribution in [1.82, 2.24) is 9.55 Å². The van der Waals surface area contributed by atoms with Crippen LogP contribution in [0.25, 0.3) is 27.8 Å². The Bertz CT molecular complexity index is 1940. The van der Waals surface area contributed by atoms with Crippen LogP contribution < -0.4 is 25.5 Å². The lowest BCUT2D eigenvalue weighted by Gasteiger charge is -2.34. The summed E-state index contributed by atoms with van der Waals surface area (Å²) in [5, 5.41) is 5.48. The molecular formula is C38H28N2OSi. The van der Waals surface area contributed by atoms with Crippen molar-refractivity contribution >= 4 is 39.9 Å². The van der Waals surface area contributed by atoms with Crippen LogP contribution in [-0.4, -0.2) is 17.6 Å². The Labute approximate surface area is 246 Å². The van der Waals surface area contributed by atoms with E-state index in [1.165, 1.54) is 31.9 Å². The average molecular weight is 557 g/mol. The number of para-hydroxylation sites is 2. The van der Waals surface area contributed by atoms with Crippen molar-refractivity contribution in [3.8, 4) is 22.8 Å². The molecule has 2 heterocycles. The molecule has 0 saturated heterocycles. The van der Waals surface area contributed by atoms with E-state index in [0.717, 1.165) is 22.3 Å². The van der Waals surface area contributed by atoms with Gasteiger partial charge in [0.15, 0.2) is 8.07 Å². The van der Waals surface area contributed by atoms with E-state index in [9.17, 15) is 0 Å². The summed E-state index contributed by atoms with van der Waals surface area (Å²) in [5.74, 6) is 0. The van der Waals surface area contributed by atoms with E-state index in [4.69, 9.17) is 9.72 Å². The van der Waals surface area contributed by atoms with E-state index in [1.54, 1.807) is 0 Å². The molecular weight excluding hydrogens is 529 g/mol. The van der Waals surface area contributed by atoms with E-state index < -0.39 is 8.07 Å². The minimum Gasteiger partial charge on any atom is -0.459 e. The molecule has 1 aliphatic heterocycles. The second-order valence-electron chi connectivity index (χ2n) is 10.8. The molecule has 0 spiro atoms. The monoisotopic (exact) mass is 556 g/mol. The predicted octanol–water partition coefficient (Wildman–Crippen LogP) is 5.96. The molecule has 0 aliphatic carbocycles. The topological polar surface area (TPSA) is 27.1 Å². The second kappa shape index (κ2) is 10.0. The van der Waals surface area contributed by atoms with Crippen LogP contribution >= 0.6 is 0 Å². The Hall–Kier alpha value is -5.19. The zero-order valence-electron chi connectivity index (χ0n) is 23.0. The normalized spacial score (nSPS) is 12.4. The van der Waals surface area contributed by atoms with Gasteiger partial charge in [0.05, 0.1) is 16.7 Å². The first-order chi connectivity index (χ1) is 20.8. The summed E-state index contributed by atoms with van der Waals surface area (Å²) >= 11 is 0. The van der Waals surface area contributed by atoms with Gasteiger partial charge in [-0.05, 0) is 50.1 Å². The van der Waals surface area contributed by atoms with Gasteiger partial charge in [-0.2, -0.15) is 4.98 Å². The lowest BCUT2D eigenvalue weighted by Crippen LogP contribution is -2.74. The molecule has 4 heteroatoms. The molecule has 0 amide bonds. The van der Waals surface area contributed by atoms with Crippen LogP contribution in [0.1, 0.15) is 5.56 Å². The van der Waals surface area contributed by atoms with E-state index in [0.29, 0.717) is 12.6 Å². The first-order valence-corrected chi connectivity index (χ1v) is 16.3. The molecule has 8 rings (SSSR count). The predicted molar refractivity (Wildman–Crippen MR) is 174 cm³/mol. The summed E-state index contributed by atoms with van der Waals surface area (Å²) in [4.78, 5) is 4.75. The maximum atomic E-state index is 6.05. The lowest BCUT2D eigenvalue weighted by atomic mass is 10.0. The third-order valence-corrected chi connectivity index (χ3v) is 13.2. The summed E-state index contributed by atoms with van der Waals surface area (Å²) in [5.41, 5.74) is 6.67. The highest BCUT2D eigenvalue weighted by Gasteiger charge is 2.41. The first-order valence-electron chi connectivity index (χ1n) is 14.3. The van der Waals surface area contributed by atoms with Crippen LogP contribution in [0.5, 0.6) is 6.01 Å². The van der Waals surface area contributed by atoms with Gasteiger partial charge in [0.1, 0.15) is 6.61 Å². The first kappa shape index (κ1) is 24.6. The van der Waals surface area contributed by atoms with Gasteiger partial charge in [-0.3, -0.25) is 4.57 Å². The molecule has 7 aromatic rings. The minimum absolute atomic E-state index is 0.519. The summed E-state index contributed by atoms with van der Waals surface area (Å²) in [6, 6.07) is 58.0. The third-order valence-electron chi connectivity index (χ3n) is 8.46. The van der Waals surface area contributed by atoms with Crippen molar-refractivity contribution in [3.05, 3.63) is 163 Å². The van der Waals surface area contributed by atoms with Crippen molar-refractivity contribution < 1.29 is 4.74 Å². The molecule has 0 bridgehead atoms. The van der Waals surface area contributed by atoms with Crippen molar-refractivity contribution in [1.29, 1.82) is 0 Å². The average Bonchev–Trinajstić information content (AvgIpc) is 3.46. The highest BCUT2D eigenvalue weighted by molar-refractivity contribution is 7.19. The van der Waals surface area contributed by atoms with E-state index in [-0.39, 0.29) is 0 Å². The van der Waals surface area contributed by atoms with E-state index >= 15 is 0 Å². The van der Waals surface area contributed by atoms with Crippen molar-refractivity contribution in [2.45, 2.75) is 6.61 Å². The van der Waals surface area contributed by atoms with Crippen molar-refractivity contribution in [3.63, 3.8) is 0 Å². The number of benzene rings is 6. The van der Waals surface area contributed by atoms with Crippen molar-refractivity contribution in [2.75, 3.05) is 0 Å². The van der Waals surface area contributed by atoms with Crippen LogP contribution in [0.2, 0.25) is 0 Å². The van der Waals surface area contributed by atoms with Crippen LogP contribution in [0.15, 0.2) is 158 Å². The fourth-order valence-corrected chi connectivity index (χ4v) is 11.3. The van der Waals surface area contributed by atoms with Gasteiger partial charge in [0.2, 0.25) is 0 Å². The SMILES string of the molecule is c1ccc([Si](c2ccccc2)(c2ccccc2)c2cccc(-c3ccc4c(c3)-n3c(nc5ccccc53)OC4)c2)cc1. The minimum atomic E-state index is -2.61. The van der Waals surface area contributed by atoms with Crippen LogP contribution in [0.3, 0.4) is 0 Å². The molecule has 1 aromatic heterocycles. The molecule has 0 fully saturated rings. The number of aromatic nitrogens is 2. The quantitative estimate of drug-likeness (QED) is 0.193. The number of nitrogens with zero attached hydrogens (tertiary/aromatic N) is 2. The summed E-state index contributed by atoms with van der Waals surface area (Å²) in [6.45, 7) is 0.519. The zero-order chi connectivity index (χ0) is 27.9. The molecule has 0 radical (unpaired) electrons. The summed E-state index contributed by atoms with van der Waals surface area (Å²) < 4.78 is 8.20. The summed E-state index contributed by atoms with van der Waals surface area (Å²) in [7, 11) is -2.61. The molecule has 1 aliphatic rings. The Morgan fingerprint density at radius 3 is 1.76 bits per heavy atom. The Kier molecular flexibility index (Phi) is 5.87. The van der Waals surface area contributed by atoms with Crippen LogP contribution in [-0.2, 0) is 6.61 Å². The zero-order valence-corrected chi connectivity index (χ0v) is 24.0. The molecule has 0 unspecified atom stereocenters. The fraction of sp³-hybridized carbons (Fsp3) is 0.0263. The maximum absolute atomic E-state index is 6.05. The van der Waals surface area contributed by atoms with Gasteiger partial charge in [-0.1, -0.05) is 140 Å². The number of ether oxygens (including phenoxy) is 1. The second-order valence-corrected chi connectivity index (χ2v) is 14.6. The highest BCUT2D eigenvalue weighted by Crippen LogP contribution is 2.35. The van der Waals surface area contributed by atoms with Gasteiger partial charge in [-0.15, -0.1) is 0 Å². The van der Waals surface area contributed by atoms with Gasteiger partial charge < -0.3 is 4.74 Å². The molecule has 0 atom stereocenters.